The fourth-order valence-corrected chi connectivity index (χ4v) is 3.66. The molecule has 106 valence electrons. The Balaban J connectivity index is 2.22. The third-order valence-electron chi connectivity index (χ3n) is 3.02. The highest BCUT2D eigenvalue weighted by molar-refractivity contribution is 7.89. The van der Waals surface area contributed by atoms with Gasteiger partial charge in [-0.1, -0.05) is 5.16 Å². The molecule has 0 unspecified atom stereocenters. The van der Waals surface area contributed by atoms with Gasteiger partial charge in [0.15, 0.2) is 5.03 Å². The molecule has 0 aliphatic heterocycles. The van der Waals surface area contributed by atoms with Crippen molar-refractivity contribution in [1.29, 1.82) is 0 Å². The average molecular weight is 287 g/mol. The summed E-state index contributed by atoms with van der Waals surface area (Å²) in [7, 11) is -2.00. The summed E-state index contributed by atoms with van der Waals surface area (Å²) in [6, 6.07) is 1.47. The smallest absolute Gasteiger partial charge is 0.260 e. The average Bonchev–Trinajstić information content (AvgIpc) is 3.09. The molecule has 1 aliphatic rings. The normalized spacial score (nSPS) is 17.1. The maximum Gasteiger partial charge on any atom is 0.260 e. The SMILES string of the molecule is Cn1nccc1S(=O)(=O)N(CC/C(N)=N/O)C1CC1. The summed E-state index contributed by atoms with van der Waals surface area (Å²) in [5.74, 6) is 0.0193. The molecule has 0 aromatic carbocycles. The molecule has 3 N–H and O–H groups in total. The van der Waals surface area contributed by atoms with Crippen LogP contribution in [0, 0.1) is 0 Å². The first-order valence-corrected chi connectivity index (χ1v) is 7.37. The highest BCUT2D eigenvalue weighted by Crippen LogP contribution is 2.31. The number of aryl methyl sites for hydroxylation is 1. The van der Waals surface area contributed by atoms with E-state index >= 15 is 0 Å². The molecule has 1 aromatic heterocycles. The van der Waals surface area contributed by atoms with Gasteiger partial charge in [-0.25, -0.2) is 8.42 Å². The van der Waals surface area contributed by atoms with E-state index in [0.29, 0.717) is 0 Å². The summed E-state index contributed by atoms with van der Waals surface area (Å²) < 4.78 is 27.8. The van der Waals surface area contributed by atoms with Gasteiger partial charge in [-0.2, -0.15) is 9.40 Å². The van der Waals surface area contributed by atoms with Gasteiger partial charge in [0.2, 0.25) is 0 Å². The largest absolute Gasteiger partial charge is 0.409 e. The summed E-state index contributed by atoms with van der Waals surface area (Å²) in [4.78, 5) is 0. The first-order valence-electron chi connectivity index (χ1n) is 5.93. The molecule has 0 radical (unpaired) electrons. The number of rotatable bonds is 6. The van der Waals surface area contributed by atoms with Gasteiger partial charge >= 0.3 is 0 Å². The van der Waals surface area contributed by atoms with Crippen molar-refractivity contribution in [3.63, 3.8) is 0 Å². The number of hydrogen-bond acceptors (Lipinski definition) is 5. The number of sulfonamides is 1. The van der Waals surface area contributed by atoms with Crippen LogP contribution in [0.25, 0.3) is 0 Å². The fourth-order valence-electron chi connectivity index (χ4n) is 1.87. The molecule has 0 atom stereocenters. The van der Waals surface area contributed by atoms with Crippen molar-refractivity contribution in [1.82, 2.24) is 14.1 Å². The Morgan fingerprint density at radius 1 is 1.68 bits per heavy atom. The van der Waals surface area contributed by atoms with Gasteiger partial charge in [0, 0.05) is 26.1 Å². The quantitative estimate of drug-likeness (QED) is 0.323. The lowest BCUT2D eigenvalue weighted by Gasteiger charge is -2.21. The van der Waals surface area contributed by atoms with E-state index in [1.165, 1.54) is 21.3 Å². The first-order chi connectivity index (χ1) is 8.96. The van der Waals surface area contributed by atoms with Gasteiger partial charge in [-0.15, -0.1) is 0 Å². The van der Waals surface area contributed by atoms with Crippen LogP contribution >= 0.6 is 0 Å². The molecule has 2 rings (SSSR count). The van der Waals surface area contributed by atoms with Crippen molar-refractivity contribution in [2.75, 3.05) is 6.54 Å². The van der Waals surface area contributed by atoms with Crippen molar-refractivity contribution in [3.05, 3.63) is 12.3 Å². The third kappa shape index (κ3) is 2.87. The Hall–Kier alpha value is -1.61. The van der Waals surface area contributed by atoms with Gasteiger partial charge in [0.05, 0.1) is 6.20 Å². The van der Waals surface area contributed by atoms with Crippen LogP contribution in [-0.4, -0.2) is 46.1 Å². The standard InChI is InChI=1S/C10H17N5O3S/c1-14-10(4-6-12-14)19(17,18)15(8-2-3-8)7-5-9(11)13-16/h4,6,8,16H,2-3,5,7H2,1H3,(H2,11,13). The van der Waals surface area contributed by atoms with Crippen molar-refractivity contribution >= 4 is 15.9 Å². The summed E-state index contributed by atoms with van der Waals surface area (Å²) >= 11 is 0. The van der Waals surface area contributed by atoms with E-state index in [-0.39, 0.29) is 29.9 Å². The molecular weight excluding hydrogens is 270 g/mol. The highest BCUT2D eigenvalue weighted by Gasteiger charge is 2.39. The van der Waals surface area contributed by atoms with E-state index < -0.39 is 10.0 Å². The Morgan fingerprint density at radius 2 is 2.37 bits per heavy atom. The second kappa shape index (κ2) is 5.17. The topological polar surface area (TPSA) is 114 Å². The van der Waals surface area contributed by atoms with Crippen molar-refractivity contribution in [2.45, 2.75) is 30.3 Å². The first kappa shape index (κ1) is 13.8. The number of hydrogen-bond donors (Lipinski definition) is 2. The molecule has 0 saturated heterocycles. The van der Waals surface area contributed by atoms with Crippen molar-refractivity contribution < 1.29 is 13.6 Å². The molecule has 1 heterocycles. The number of nitrogens with two attached hydrogens (primary N) is 1. The van der Waals surface area contributed by atoms with Crippen LogP contribution in [0.15, 0.2) is 22.4 Å². The number of nitrogens with zero attached hydrogens (tertiary/aromatic N) is 4. The number of aromatic nitrogens is 2. The van der Waals surface area contributed by atoms with Crippen LogP contribution in [-0.2, 0) is 17.1 Å². The minimum atomic E-state index is -3.59. The van der Waals surface area contributed by atoms with Crippen molar-refractivity contribution in [2.24, 2.45) is 17.9 Å². The Kier molecular flexibility index (Phi) is 3.76. The molecule has 1 fully saturated rings. The maximum atomic E-state index is 12.5. The van der Waals surface area contributed by atoms with Gasteiger partial charge in [0.1, 0.15) is 5.84 Å². The van der Waals surface area contributed by atoms with Gasteiger partial charge in [-0.05, 0) is 18.9 Å². The zero-order chi connectivity index (χ0) is 14.0. The summed E-state index contributed by atoms with van der Waals surface area (Å²) in [6.45, 7) is 0.202. The van der Waals surface area contributed by atoms with Crippen LogP contribution in [0.4, 0.5) is 0 Å². The minimum Gasteiger partial charge on any atom is -0.409 e. The summed E-state index contributed by atoms with van der Waals surface area (Å²) in [6.07, 6.45) is 3.33. The number of oxime groups is 1. The molecule has 19 heavy (non-hydrogen) atoms. The van der Waals surface area contributed by atoms with Gasteiger partial charge < -0.3 is 10.9 Å². The Bertz CT molecular complexity index is 576. The molecule has 8 nitrogen and oxygen atoms in total. The van der Waals surface area contributed by atoms with Crippen LogP contribution in [0.2, 0.25) is 0 Å². The predicted molar refractivity (Wildman–Crippen MR) is 68.1 cm³/mol. The zero-order valence-corrected chi connectivity index (χ0v) is 11.4. The van der Waals surface area contributed by atoms with Crippen LogP contribution < -0.4 is 5.73 Å². The molecule has 1 aliphatic carbocycles. The van der Waals surface area contributed by atoms with Crippen LogP contribution in [0.5, 0.6) is 0 Å². The summed E-state index contributed by atoms with van der Waals surface area (Å²) in [5, 5.41) is 15.4. The van der Waals surface area contributed by atoms with Crippen LogP contribution in [0.1, 0.15) is 19.3 Å². The van der Waals surface area contributed by atoms with Gasteiger partial charge in [0.25, 0.3) is 10.0 Å². The van der Waals surface area contributed by atoms with E-state index in [0.717, 1.165) is 12.8 Å². The summed E-state index contributed by atoms with van der Waals surface area (Å²) in [5.41, 5.74) is 5.39. The highest BCUT2D eigenvalue weighted by atomic mass is 32.2. The lowest BCUT2D eigenvalue weighted by atomic mass is 10.4. The number of amidine groups is 1. The predicted octanol–water partition coefficient (Wildman–Crippen LogP) is -0.290. The van der Waals surface area contributed by atoms with Gasteiger partial charge in [-0.3, -0.25) is 4.68 Å². The minimum absolute atomic E-state index is 0.00592. The van der Waals surface area contributed by atoms with E-state index in [2.05, 4.69) is 10.3 Å². The molecule has 1 saturated carbocycles. The zero-order valence-electron chi connectivity index (χ0n) is 10.6. The maximum absolute atomic E-state index is 12.5. The Labute approximate surface area is 111 Å². The third-order valence-corrected chi connectivity index (χ3v) is 5.05. The van der Waals surface area contributed by atoms with Crippen molar-refractivity contribution in [3.8, 4) is 0 Å². The van der Waals surface area contributed by atoms with E-state index in [1.54, 1.807) is 7.05 Å². The molecule has 1 aromatic rings. The fraction of sp³-hybridized carbons (Fsp3) is 0.600. The molecule has 0 spiro atoms. The molecule has 0 bridgehead atoms. The second-order valence-electron chi connectivity index (χ2n) is 4.48. The Morgan fingerprint density at radius 3 is 2.84 bits per heavy atom. The second-order valence-corrected chi connectivity index (χ2v) is 6.32. The molecular formula is C10H17N5O3S. The molecule has 0 amide bonds. The van der Waals surface area contributed by atoms with E-state index in [9.17, 15) is 8.42 Å². The van der Waals surface area contributed by atoms with Crippen LogP contribution in [0.3, 0.4) is 0 Å². The monoisotopic (exact) mass is 287 g/mol. The lowest BCUT2D eigenvalue weighted by Crippen LogP contribution is -2.36. The van der Waals surface area contributed by atoms with E-state index in [4.69, 9.17) is 10.9 Å². The lowest BCUT2D eigenvalue weighted by molar-refractivity contribution is 0.315. The van der Waals surface area contributed by atoms with E-state index in [1.807, 2.05) is 0 Å². The molecule has 9 heteroatoms.